The molecule has 0 saturated carbocycles. The van der Waals surface area contributed by atoms with Crippen LogP contribution in [-0.2, 0) is 4.79 Å². The number of aromatic nitrogens is 1. The third-order valence-corrected chi connectivity index (χ3v) is 6.30. The molecule has 0 bridgehead atoms. The molecule has 0 saturated heterocycles. The van der Waals surface area contributed by atoms with Crippen molar-refractivity contribution in [3.63, 3.8) is 0 Å². The number of nitrogens with one attached hydrogen (secondary N) is 1. The van der Waals surface area contributed by atoms with Gasteiger partial charge < -0.3 is 24.4 Å². The number of quaternary nitrogens is 1. The molecule has 1 aromatic carbocycles. The monoisotopic (exact) mass is 445 g/mol. The molecule has 0 aliphatic carbocycles. The van der Waals surface area contributed by atoms with E-state index in [0.717, 1.165) is 9.91 Å². The fourth-order valence-corrected chi connectivity index (χ4v) is 4.56. The molecule has 1 aromatic heterocycles. The van der Waals surface area contributed by atoms with E-state index in [-0.39, 0.29) is 5.57 Å². The normalized spacial score (nSPS) is 16.4. The largest absolute Gasteiger partial charge is 0.868 e. The van der Waals surface area contributed by atoms with Crippen molar-refractivity contribution in [2.24, 2.45) is 0 Å². The molecule has 166 valence electrons. The molecule has 1 amide bonds. The zero-order valence-electron chi connectivity index (χ0n) is 18.6. The highest BCUT2D eigenvalue weighted by molar-refractivity contribution is 7.14. The number of hydrogen-bond acceptors (Lipinski definition) is 7. The lowest BCUT2D eigenvalue weighted by Crippen LogP contribution is -3.06. The molecule has 9 heteroatoms. The Kier molecular flexibility index (Phi) is 6.66. The van der Waals surface area contributed by atoms with Crippen LogP contribution in [0.15, 0.2) is 29.5 Å². The number of methoxy groups -OCH3 is 2. The SMILES string of the molecule is COc1ccc(OC)c(C2C(C(=O)c3sc(C)nc3C)=C([O-])C(=O)N2CC[NH+](C)C)c1. The van der Waals surface area contributed by atoms with Gasteiger partial charge in [0.2, 0.25) is 11.7 Å². The van der Waals surface area contributed by atoms with Crippen LogP contribution in [0.1, 0.15) is 32.0 Å². The zero-order valence-corrected chi connectivity index (χ0v) is 19.4. The Labute approximate surface area is 185 Å². The third-order valence-electron chi connectivity index (χ3n) is 5.22. The van der Waals surface area contributed by atoms with E-state index in [4.69, 9.17) is 9.47 Å². The molecule has 1 N–H and O–H groups in total. The number of ether oxygens (including phenoxy) is 2. The second kappa shape index (κ2) is 9.07. The van der Waals surface area contributed by atoms with Gasteiger partial charge in [-0.15, -0.1) is 11.3 Å². The first-order valence-corrected chi connectivity index (χ1v) is 10.7. The van der Waals surface area contributed by atoms with E-state index < -0.39 is 23.5 Å². The smallest absolute Gasteiger partial charge is 0.240 e. The lowest BCUT2D eigenvalue weighted by Gasteiger charge is -2.29. The van der Waals surface area contributed by atoms with Crippen LogP contribution in [0.2, 0.25) is 0 Å². The van der Waals surface area contributed by atoms with Crippen LogP contribution in [0.4, 0.5) is 0 Å². The first-order chi connectivity index (χ1) is 14.7. The number of nitrogens with zero attached hydrogens (tertiary/aromatic N) is 2. The van der Waals surface area contributed by atoms with Gasteiger partial charge in [0, 0.05) is 11.1 Å². The van der Waals surface area contributed by atoms with Crippen molar-refractivity contribution in [2.75, 3.05) is 41.4 Å². The van der Waals surface area contributed by atoms with Crippen molar-refractivity contribution in [1.82, 2.24) is 9.88 Å². The van der Waals surface area contributed by atoms with E-state index in [1.54, 1.807) is 32.0 Å². The van der Waals surface area contributed by atoms with E-state index in [2.05, 4.69) is 4.98 Å². The molecular weight excluding hydrogens is 418 g/mol. The Hall–Kier alpha value is -2.91. The molecule has 31 heavy (non-hydrogen) atoms. The highest BCUT2D eigenvalue weighted by Gasteiger charge is 2.42. The van der Waals surface area contributed by atoms with Crippen LogP contribution < -0.4 is 19.5 Å². The second-order valence-electron chi connectivity index (χ2n) is 7.69. The van der Waals surface area contributed by atoms with Crippen LogP contribution in [-0.4, -0.2) is 63.0 Å². The molecule has 0 fully saturated rings. The fraction of sp³-hybridized carbons (Fsp3) is 0.409. The molecule has 1 aliphatic heterocycles. The number of rotatable bonds is 8. The van der Waals surface area contributed by atoms with Gasteiger partial charge in [-0.3, -0.25) is 9.59 Å². The first kappa shape index (κ1) is 22.8. The van der Waals surface area contributed by atoms with Crippen LogP contribution in [0.5, 0.6) is 11.5 Å². The predicted octanol–water partition coefficient (Wildman–Crippen LogP) is 0.302. The van der Waals surface area contributed by atoms with Gasteiger partial charge >= 0.3 is 0 Å². The molecule has 2 aromatic rings. The number of Topliss-reactive ketones (excluding diaryl/α,β-unsaturated/α-hetero) is 1. The number of ketones is 1. The molecule has 8 nitrogen and oxygen atoms in total. The van der Waals surface area contributed by atoms with Gasteiger partial charge in [-0.1, -0.05) is 0 Å². The third kappa shape index (κ3) is 4.28. The van der Waals surface area contributed by atoms with Gasteiger partial charge in [0.25, 0.3) is 0 Å². The summed E-state index contributed by atoms with van der Waals surface area (Å²) < 4.78 is 10.9. The van der Waals surface area contributed by atoms with Gasteiger partial charge in [0.1, 0.15) is 11.5 Å². The summed E-state index contributed by atoms with van der Waals surface area (Å²) in [6.07, 6.45) is 0. The van der Waals surface area contributed by atoms with Crippen LogP contribution >= 0.6 is 11.3 Å². The lowest BCUT2D eigenvalue weighted by molar-refractivity contribution is -0.857. The minimum absolute atomic E-state index is 0.0722. The number of aryl methyl sites for hydroxylation is 2. The molecule has 1 unspecified atom stereocenters. The highest BCUT2D eigenvalue weighted by atomic mass is 32.1. The highest BCUT2D eigenvalue weighted by Crippen LogP contribution is 2.43. The molecular formula is C22H27N3O5S. The van der Waals surface area contributed by atoms with Crippen LogP contribution in [0.25, 0.3) is 0 Å². The summed E-state index contributed by atoms with van der Waals surface area (Å²) in [4.78, 5) is 33.8. The lowest BCUT2D eigenvalue weighted by atomic mass is 9.94. The van der Waals surface area contributed by atoms with Gasteiger partial charge in [-0.25, -0.2) is 4.98 Å². The maximum absolute atomic E-state index is 13.5. The number of amides is 1. The second-order valence-corrected chi connectivity index (χ2v) is 8.89. The Balaban J connectivity index is 2.18. The maximum Gasteiger partial charge on any atom is 0.240 e. The Morgan fingerprint density at radius 1 is 1.26 bits per heavy atom. The summed E-state index contributed by atoms with van der Waals surface area (Å²) in [5, 5.41) is 13.8. The van der Waals surface area contributed by atoms with E-state index in [0.29, 0.717) is 40.7 Å². The summed E-state index contributed by atoms with van der Waals surface area (Å²) >= 11 is 1.22. The standard InChI is InChI=1S/C22H27N3O5S/c1-12-21(31-13(2)23-12)19(26)17-18(15-11-14(29-5)7-8-16(15)30-6)25(10-9-24(3)4)22(28)20(17)27/h7-8,11,18,27H,9-10H2,1-6H3. The van der Waals surface area contributed by atoms with Crippen LogP contribution in [0.3, 0.4) is 0 Å². The minimum atomic E-state index is -0.862. The topological polar surface area (TPSA) is 96.2 Å². The Morgan fingerprint density at radius 3 is 2.52 bits per heavy atom. The van der Waals surface area contributed by atoms with Gasteiger partial charge in [-0.2, -0.15) is 0 Å². The zero-order chi connectivity index (χ0) is 22.9. The van der Waals surface area contributed by atoms with E-state index in [1.807, 2.05) is 14.1 Å². The van der Waals surface area contributed by atoms with E-state index in [1.165, 1.54) is 30.5 Å². The minimum Gasteiger partial charge on any atom is -0.868 e. The molecule has 0 radical (unpaired) electrons. The van der Waals surface area contributed by atoms with E-state index >= 15 is 0 Å². The van der Waals surface area contributed by atoms with Crippen molar-refractivity contribution in [3.05, 3.63) is 50.7 Å². The maximum atomic E-state index is 13.5. The fourth-order valence-electron chi connectivity index (χ4n) is 3.69. The summed E-state index contributed by atoms with van der Waals surface area (Å²) in [5.74, 6) is -0.913. The van der Waals surface area contributed by atoms with Gasteiger partial charge in [0.15, 0.2) is 0 Å². The number of carbonyl (C=O) groups is 2. The summed E-state index contributed by atoms with van der Waals surface area (Å²) in [6, 6.07) is 4.29. The van der Waals surface area contributed by atoms with Crippen LogP contribution in [0, 0.1) is 13.8 Å². The number of likely N-dealkylation sites (N-methyl/N-ethyl adjacent to an activating group) is 1. The Morgan fingerprint density at radius 2 is 1.97 bits per heavy atom. The van der Waals surface area contributed by atoms with E-state index in [9.17, 15) is 14.7 Å². The summed E-state index contributed by atoms with van der Waals surface area (Å²) in [5.41, 5.74) is 1.02. The molecule has 3 rings (SSSR count). The number of benzene rings is 1. The van der Waals surface area contributed by atoms with Gasteiger partial charge in [-0.05, 0) is 37.8 Å². The molecule has 1 atom stereocenters. The summed E-state index contributed by atoms with van der Waals surface area (Å²) in [6.45, 7) is 4.46. The molecule has 0 spiro atoms. The molecule has 1 aliphatic rings. The number of hydrogen-bond donors (Lipinski definition) is 1. The predicted molar refractivity (Wildman–Crippen MR) is 115 cm³/mol. The number of thiazole rings is 1. The van der Waals surface area contributed by atoms with Crippen molar-refractivity contribution in [2.45, 2.75) is 19.9 Å². The van der Waals surface area contributed by atoms with Crippen molar-refractivity contribution >= 4 is 23.0 Å². The Bertz CT molecular complexity index is 1040. The quantitative estimate of drug-likeness (QED) is 0.588. The van der Waals surface area contributed by atoms with Crippen molar-refractivity contribution < 1.29 is 29.1 Å². The average molecular weight is 446 g/mol. The van der Waals surface area contributed by atoms with Gasteiger partial charge in [0.05, 0.1) is 63.0 Å². The average Bonchev–Trinajstić information content (AvgIpc) is 3.20. The van der Waals surface area contributed by atoms with Crippen molar-refractivity contribution in [1.29, 1.82) is 0 Å². The van der Waals surface area contributed by atoms with Crippen molar-refractivity contribution in [3.8, 4) is 11.5 Å². The number of carbonyl (C=O) groups excluding carboxylic acids is 2. The first-order valence-electron chi connectivity index (χ1n) is 9.91. The summed E-state index contributed by atoms with van der Waals surface area (Å²) in [7, 11) is 6.96. The molecule has 2 heterocycles.